The second-order valence-electron chi connectivity index (χ2n) is 6.87. The molecule has 10 nitrogen and oxygen atoms in total. The standard InChI is InChI=1S/C20H22N8O2/c21-14-11-30-8-5-15(14)27-16-10-25-17(18(22)29)20(28-16)26-13-4-1-3-12(9-13)19-23-6-2-7-24-19/h1-4,6-7,9-10,14-15H,5,8,11,21H2,(H2,22,29)(H2,26,27,28)/t14-,15+/m0/s1. The van der Waals surface area contributed by atoms with Crippen LogP contribution in [-0.4, -0.2) is 51.1 Å². The van der Waals surface area contributed by atoms with Gasteiger partial charge in [-0.05, 0) is 24.6 Å². The third-order valence-electron chi connectivity index (χ3n) is 4.69. The summed E-state index contributed by atoms with van der Waals surface area (Å²) in [5.41, 5.74) is 13.1. The highest BCUT2D eigenvalue weighted by molar-refractivity contribution is 5.96. The van der Waals surface area contributed by atoms with Crippen molar-refractivity contribution in [1.29, 1.82) is 0 Å². The van der Waals surface area contributed by atoms with E-state index in [1.54, 1.807) is 18.5 Å². The van der Waals surface area contributed by atoms with Crippen molar-refractivity contribution >= 4 is 23.2 Å². The van der Waals surface area contributed by atoms with Gasteiger partial charge in [0.05, 0.1) is 12.8 Å². The molecule has 0 radical (unpaired) electrons. The fourth-order valence-corrected chi connectivity index (χ4v) is 3.18. The number of carbonyl (C=O) groups is 1. The number of nitrogens with one attached hydrogen (secondary N) is 2. The molecule has 1 saturated heterocycles. The quantitative estimate of drug-likeness (QED) is 0.474. The molecule has 1 aliphatic heterocycles. The monoisotopic (exact) mass is 406 g/mol. The zero-order chi connectivity index (χ0) is 20.9. The average Bonchev–Trinajstić information content (AvgIpc) is 2.76. The summed E-state index contributed by atoms with van der Waals surface area (Å²) in [6.45, 7) is 1.10. The van der Waals surface area contributed by atoms with E-state index in [-0.39, 0.29) is 23.6 Å². The predicted octanol–water partition coefficient (Wildman–Crippen LogP) is 1.30. The summed E-state index contributed by atoms with van der Waals surface area (Å²) in [4.78, 5) is 29.1. The Balaban J connectivity index is 1.60. The number of aromatic nitrogens is 4. The maximum Gasteiger partial charge on any atom is 0.271 e. The van der Waals surface area contributed by atoms with E-state index in [9.17, 15) is 4.79 Å². The molecule has 4 rings (SSSR count). The van der Waals surface area contributed by atoms with Gasteiger partial charge < -0.3 is 26.8 Å². The number of nitrogens with two attached hydrogens (primary N) is 2. The summed E-state index contributed by atoms with van der Waals surface area (Å²) in [6, 6.07) is 9.04. The molecule has 3 aromatic rings. The van der Waals surface area contributed by atoms with Gasteiger partial charge in [0.2, 0.25) is 0 Å². The van der Waals surface area contributed by atoms with Crippen LogP contribution < -0.4 is 22.1 Å². The van der Waals surface area contributed by atoms with Gasteiger partial charge in [-0.1, -0.05) is 12.1 Å². The van der Waals surface area contributed by atoms with Crippen LogP contribution in [0, 0.1) is 0 Å². The average molecular weight is 406 g/mol. The number of hydrogen-bond acceptors (Lipinski definition) is 9. The molecule has 0 bridgehead atoms. The normalized spacial score (nSPS) is 18.6. The lowest BCUT2D eigenvalue weighted by Crippen LogP contribution is -2.47. The van der Waals surface area contributed by atoms with Crippen LogP contribution in [0.2, 0.25) is 0 Å². The molecular weight excluding hydrogens is 384 g/mol. The molecule has 0 aliphatic carbocycles. The topological polar surface area (TPSA) is 154 Å². The van der Waals surface area contributed by atoms with Gasteiger partial charge in [-0.2, -0.15) is 0 Å². The molecule has 0 spiro atoms. The van der Waals surface area contributed by atoms with Crippen LogP contribution in [0.1, 0.15) is 16.9 Å². The number of ether oxygens (including phenoxy) is 1. The molecule has 2 aromatic heterocycles. The van der Waals surface area contributed by atoms with Crippen molar-refractivity contribution in [3.8, 4) is 11.4 Å². The lowest BCUT2D eigenvalue weighted by atomic mass is 10.0. The molecule has 1 aliphatic rings. The van der Waals surface area contributed by atoms with E-state index < -0.39 is 5.91 Å². The molecule has 30 heavy (non-hydrogen) atoms. The number of benzene rings is 1. The molecule has 1 aromatic carbocycles. The molecule has 10 heteroatoms. The van der Waals surface area contributed by atoms with E-state index in [1.807, 2.05) is 24.3 Å². The van der Waals surface area contributed by atoms with Gasteiger partial charge in [0.1, 0.15) is 5.82 Å². The maximum absolute atomic E-state index is 11.9. The van der Waals surface area contributed by atoms with E-state index in [0.717, 1.165) is 12.0 Å². The maximum atomic E-state index is 11.9. The number of primary amides is 1. The predicted molar refractivity (Wildman–Crippen MR) is 112 cm³/mol. The van der Waals surface area contributed by atoms with Crippen molar-refractivity contribution < 1.29 is 9.53 Å². The van der Waals surface area contributed by atoms with Gasteiger partial charge in [-0.3, -0.25) is 4.79 Å². The van der Waals surface area contributed by atoms with Gasteiger partial charge in [0.15, 0.2) is 17.3 Å². The second-order valence-corrected chi connectivity index (χ2v) is 6.87. The molecule has 0 unspecified atom stereocenters. The smallest absolute Gasteiger partial charge is 0.271 e. The van der Waals surface area contributed by atoms with Crippen molar-refractivity contribution in [2.24, 2.45) is 11.5 Å². The summed E-state index contributed by atoms with van der Waals surface area (Å²) >= 11 is 0. The van der Waals surface area contributed by atoms with Crippen LogP contribution in [0.4, 0.5) is 17.3 Å². The van der Waals surface area contributed by atoms with Crippen LogP contribution in [0.3, 0.4) is 0 Å². The van der Waals surface area contributed by atoms with Crippen LogP contribution >= 0.6 is 0 Å². The van der Waals surface area contributed by atoms with E-state index in [0.29, 0.717) is 30.5 Å². The molecule has 1 amide bonds. The summed E-state index contributed by atoms with van der Waals surface area (Å²) in [5, 5.41) is 6.40. The SMILES string of the molecule is NC(=O)c1ncc(N[C@@H]2CCOC[C@@H]2N)nc1Nc1cccc(-c2ncccn2)c1. The van der Waals surface area contributed by atoms with Crippen molar-refractivity contribution in [3.63, 3.8) is 0 Å². The third kappa shape index (κ3) is 4.50. The van der Waals surface area contributed by atoms with E-state index in [2.05, 4.69) is 30.6 Å². The van der Waals surface area contributed by atoms with Crippen molar-refractivity contribution in [3.05, 3.63) is 54.6 Å². The minimum atomic E-state index is -0.679. The zero-order valence-corrected chi connectivity index (χ0v) is 16.2. The molecule has 3 heterocycles. The Bertz CT molecular complexity index is 1030. The number of carbonyl (C=O) groups excluding carboxylic acids is 1. The first-order chi connectivity index (χ1) is 14.6. The van der Waals surface area contributed by atoms with Crippen molar-refractivity contribution in [1.82, 2.24) is 19.9 Å². The fraction of sp³-hybridized carbons (Fsp3) is 0.250. The van der Waals surface area contributed by atoms with Gasteiger partial charge in [0, 0.05) is 42.3 Å². The first-order valence-corrected chi connectivity index (χ1v) is 9.51. The Morgan fingerprint density at radius 2 is 2.00 bits per heavy atom. The number of anilines is 3. The molecule has 6 N–H and O–H groups in total. The number of hydrogen-bond donors (Lipinski definition) is 4. The number of rotatable bonds is 6. The highest BCUT2D eigenvalue weighted by Gasteiger charge is 2.23. The zero-order valence-electron chi connectivity index (χ0n) is 16.2. The largest absolute Gasteiger partial charge is 0.380 e. The third-order valence-corrected chi connectivity index (χ3v) is 4.69. The Hall–Kier alpha value is -3.63. The molecule has 2 atom stereocenters. The highest BCUT2D eigenvalue weighted by Crippen LogP contribution is 2.24. The highest BCUT2D eigenvalue weighted by atomic mass is 16.5. The number of nitrogens with zero attached hydrogens (tertiary/aromatic N) is 4. The molecule has 154 valence electrons. The first-order valence-electron chi connectivity index (χ1n) is 9.51. The van der Waals surface area contributed by atoms with Crippen LogP contribution in [-0.2, 0) is 4.74 Å². The Labute approximate surface area is 173 Å². The lowest BCUT2D eigenvalue weighted by Gasteiger charge is -2.29. The summed E-state index contributed by atoms with van der Waals surface area (Å²) in [5.74, 6) is 0.653. The molecular formula is C20H22N8O2. The Kier molecular flexibility index (Phi) is 5.77. The second kappa shape index (κ2) is 8.80. The van der Waals surface area contributed by atoms with Crippen LogP contribution in [0.25, 0.3) is 11.4 Å². The van der Waals surface area contributed by atoms with Crippen LogP contribution in [0.5, 0.6) is 0 Å². The van der Waals surface area contributed by atoms with Gasteiger partial charge >= 0.3 is 0 Å². The van der Waals surface area contributed by atoms with E-state index in [4.69, 9.17) is 16.2 Å². The Morgan fingerprint density at radius 3 is 2.77 bits per heavy atom. The number of amides is 1. The van der Waals surface area contributed by atoms with Crippen molar-refractivity contribution in [2.45, 2.75) is 18.5 Å². The summed E-state index contributed by atoms with van der Waals surface area (Å²) < 4.78 is 5.37. The van der Waals surface area contributed by atoms with E-state index in [1.165, 1.54) is 6.20 Å². The van der Waals surface area contributed by atoms with Crippen molar-refractivity contribution in [2.75, 3.05) is 23.8 Å². The first kappa shape index (κ1) is 19.7. The Morgan fingerprint density at radius 1 is 1.17 bits per heavy atom. The molecule has 0 saturated carbocycles. The van der Waals surface area contributed by atoms with Crippen LogP contribution in [0.15, 0.2) is 48.9 Å². The summed E-state index contributed by atoms with van der Waals surface area (Å²) in [7, 11) is 0. The molecule has 1 fully saturated rings. The summed E-state index contributed by atoms with van der Waals surface area (Å²) in [6.07, 6.45) is 5.58. The van der Waals surface area contributed by atoms with Gasteiger partial charge in [-0.25, -0.2) is 19.9 Å². The van der Waals surface area contributed by atoms with Gasteiger partial charge in [-0.15, -0.1) is 0 Å². The fourth-order valence-electron chi connectivity index (χ4n) is 3.18. The minimum absolute atomic E-state index is 0.00103. The van der Waals surface area contributed by atoms with E-state index >= 15 is 0 Å². The minimum Gasteiger partial charge on any atom is -0.380 e. The lowest BCUT2D eigenvalue weighted by molar-refractivity contribution is 0.0752. The van der Waals surface area contributed by atoms with Gasteiger partial charge in [0.25, 0.3) is 5.91 Å².